The van der Waals surface area contributed by atoms with Crippen molar-refractivity contribution in [2.24, 2.45) is 0 Å². The highest BCUT2D eigenvalue weighted by molar-refractivity contribution is 8.89. The van der Waals surface area contributed by atoms with Crippen LogP contribution in [0.4, 0.5) is 0 Å². The van der Waals surface area contributed by atoms with E-state index in [1.165, 1.54) is 23.5 Å². The van der Waals surface area contributed by atoms with E-state index >= 15 is 0 Å². The van der Waals surface area contributed by atoms with Gasteiger partial charge in [0.25, 0.3) is 0 Å². The van der Waals surface area contributed by atoms with Gasteiger partial charge in [0.1, 0.15) is 0 Å². The molecule has 0 amide bonds. The lowest BCUT2D eigenvalue weighted by atomic mass is 10.4. The van der Waals surface area contributed by atoms with Crippen molar-refractivity contribution in [2.75, 3.05) is 23.0 Å². The average Bonchev–Trinajstić information content (AvgIpc) is 3.27. The van der Waals surface area contributed by atoms with Crippen LogP contribution in [0, 0.1) is 0 Å². The summed E-state index contributed by atoms with van der Waals surface area (Å²) < 4.78 is 13.3. The van der Waals surface area contributed by atoms with Crippen LogP contribution in [0.1, 0.15) is 13.8 Å². The average molecular weight is 567 g/mol. The Morgan fingerprint density at radius 1 is 0.931 bits per heavy atom. The molecule has 0 aromatic rings. The van der Waals surface area contributed by atoms with Gasteiger partial charge >= 0.3 is 5.77 Å². The summed E-state index contributed by atoms with van der Waals surface area (Å²) in [5, 5.41) is 0.0422. The predicted octanol–water partition coefficient (Wildman–Crippen LogP) is 6.49. The molecular formula is C16H23O4PS8. The quantitative estimate of drug-likeness (QED) is 0.232. The van der Waals surface area contributed by atoms with E-state index in [-0.39, 0.29) is 28.6 Å². The van der Waals surface area contributed by atoms with Gasteiger partial charge in [-0.1, -0.05) is 59.4 Å². The molecule has 4 unspecified atom stereocenters. The molecular weight excluding hydrogens is 544 g/mol. The fourth-order valence-corrected chi connectivity index (χ4v) is 18.6. The van der Waals surface area contributed by atoms with Crippen molar-refractivity contribution in [1.29, 1.82) is 0 Å². The molecule has 13 heteroatoms. The molecule has 2 heterocycles. The lowest BCUT2D eigenvalue weighted by Gasteiger charge is -2.15. The van der Waals surface area contributed by atoms with E-state index in [1.54, 1.807) is 60.9 Å². The predicted molar refractivity (Wildman–Crippen MR) is 145 cm³/mol. The maximum Gasteiger partial charge on any atom is 0.310 e. The summed E-state index contributed by atoms with van der Waals surface area (Å²) in [5.74, 6) is -0.421. The summed E-state index contributed by atoms with van der Waals surface area (Å²) in [6, 6.07) is 0. The van der Waals surface area contributed by atoms with Gasteiger partial charge in [-0.2, -0.15) is 0 Å². The van der Waals surface area contributed by atoms with Crippen molar-refractivity contribution in [3.63, 3.8) is 0 Å². The van der Waals surface area contributed by atoms with Crippen molar-refractivity contribution in [2.45, 2.75) is 32.2 Å². The second-order valence-corrected chi connectivity index (χ2v) is 22.3. The Morgan fingerprint density at radius 3 is 1.66 bits per heavy atom. The van der Waals surface area contributed by atoms with E-state index in [2.05, 4.69) is 13.2 Å². The monoisotopic (exact) mass is 566 g/mol. The van der Waals surface area contributed by atoms with Gasteiger partial charge < -0.3 is 4.89 Å². The molecule has 2 aliphatic heterocycles. The normalized spacial score (nSPS) is 28.8. The molecule has 2 aliphatic rings. The van der Waals surface area contributed by atoms with E-state index in [0.717, 1.165) is 34.3 Å². The minimum Gasteiger partial charge on any atom is -0.329 e. The van der Waals surface area contributed by atoms with Gasteiger partial charge in [-0.3, -0.25) is 14.2 Å². The molecule has 2 fully saturated rings. The third-order valence-electron chi connectivity index (χ3n) is 3.36. The summed E-state index contributed by atoms with van der Waals surface area (Å²) in [4.78, 5) is 33.8. The van der Waals surface area contributed by atoms with Crippen molar-refractivity contribution in [3.05, 3.63) is 24.3 Å². The molecule has 0 aromatic carbocycles. The second-order valence-electron chi connectivity index (χ2n) is 6.09. The first kappa shape index (κ1) is 27.1. The SMILES string of the molecule is C=C(C)C(=O)SC1CSC(CSP(=O)(O)SCC2SCC(SC(=O)C(=C)C)S2)S1. The first-order chi connectivity index (χ1) is 13.6. The zero-order valence-corrected chi connectivity index (χ0v) is 23.4. The molecule has 0 bridgehead atoms. The van der Waals surface area contributed by atoms with Gasteiger partial charge in [0.05, 0.1) is 18.3 Å². The Balaban J connectivity index is 1.66. The number of carbonyl (C=O) groups is 2. The Morgan fingerprint density at radius 2 is 1.31 bits per heavy atom. The van der Waals surface area contributed by atoms with Gasteiger partial charge in [0.15, 0.2) is 0 Å². The van der Waals surface area contributed by atoms with Crippen LogP contribution >= 0.6 is 99.1 Å². The van der Waals surface area contributed by atoms with Gasteiger partial charge in [-0.05, 0) is 25.0 Å². The number of hydrogen-bond donors (Lipinski definition) is 1. The number of carbonyl (C=O) groups excluding carboxylic acids is 2. The molecule has 164 valence electrons. The van der Waals surface area contributed by atoms with Crippen molar-refractivity contribution < 1.29 is 19.0 Å². The third-order valence-corrected chi connectivity index (χ3v) is 20.1. The lowest BCUT2D eigenvalue weighted by molar-refractivity contribution is -0.108. The Hall–Kier alpha value is 1.81. The van der Waals surface area contributed by atoms with Crippen molar-refractivity contribution >= 4 is 109 Å². The molecule has 2 saturated heterocycles. The molecule has 0 radical (unpaired) electrons. The highest BCUT2D eigenvalue weighted by Gasteiger charge is 2.33. The zero-order chi connectivity index (χ0) is 21.6. The second kappa shape index (κ2) is 12.9. The molecule has 0 saturated carbocycles. The lowest BCUT2D eigenvalue weighted by Crippen LogP contribution is -2.03. The zero-order valence-electron chi connectivity index (χ0n) is 15.9. The fraction of sp³-hybridized carbons (Fsp3) is 0.625. The summed E-state index contributed by atoms with van der Waals surface area (Å²) in [6.07, 6.45) is 0. The van der Waals surface area contributed by atoms with Crippen LogP contribution in [-0.4, -0.2) is 56.5 Å². The van der Waals surface area contributed by atoms with Crippen LogP contribution in [-0.2, 0) is 14.2 Å². The van der Waals surface area contributed by atoms with Crippen LogP contribution in [0.3, 0.4) is 0 Å². The molecule has 0 aromatic heterocycles. The van der Waals surface area contributed by atoms with Gasteiger partial charge in [-0.25, -0.2) is 0 Å². The summed E-state index contributed by atoms with van der Waals surface area (Å²) in [6.45, 7) is 10.8. The summed E-state index contributed by atoms with van der Waals surface area (Å²) in [7, 11) is 0. The van der Waals surface area contributed by atoms with E-state index in [9.17, 15) is 19.0 Å². The number of thioether (sulfide) groups is 6. The maximum absolute atomic E-state index is 12.5. The van der Waals surface area contributed by atoms with Crippen LogP contribution in [0.15, 0.2) is 24.3 Å². The van der Waals surface area contributed by atoms with Crippen molar-refractivity contribution in [3.8, 4) is 0 Å². The minimum absolute atomic E-state index is 0.0211. The molecule has 1 N–H and O–H groups in total. The summed E-state index contributed by atoms with van der Waals surface area (Å²) >= 11 is 11.8. The highest BCUT2D eigenvalue weighted by atomic mass is 33.1. The van der Waals surface area contributed by atoms with E-state index in [0.29, 0.717) is 22.7 Å². The fourth-order valence-electron chi connectivity index (χ4n) is 1.95. The smallest absolute Gasteiger partial charge is 0.310 e. The van der Waals surface area contributed by atoms with Gasteiger partial charge in [0, 0.05) is 23.0 Å². The molecule has 4 atom stereocenters. The van der Waals surface area contributed by atoms with E-state index in [1.807, 2.05) is 0 Å². The third kappa shape index (κ3) is 10.1. The number of rotatable bonds is 10. The molecule has 2 rings (SSSR count). The van der Waals surface area contributed by atoms with Crippen LogP contribution < -0.4 is 0 Å². The molecule has 0 spiro atoms. The van der Waals surface area contributed by atoms with Crippen LogP contribution in [0.25, 0.3) is 0 Å². The van der Waals surface area contributed by atoms with Gasteiger partial charge in [-0.15, -0.1) is 47.0 Å². The highest BCUT2D eigenvalue weighted by Crippen LogP contribution is 2.67. The number of hydrogen-bond acceptors (Lipinski definition) is 11. The summed E-state index contributed by atoms with van der Waals surface area (Å²) in [5.41, 5.74) is 1.11. The van der Waals surface area contributed by atoms with E-state index < -0.39 is 5.77 Å². The molecule has 0 aliphatic carbocycles. The Bertz CT molecular complexity index is 648. The topological polar surface area (TPSA) is 71.4 Å². The van der Waals surface area contributed by atoms with Crippen LogP contribution in [0.5, 0.6) is 0 Å². The standard InChI is InChI=1S/C16H23O4PS8/c1-9(2)15(17)28-13-5-22-11(26-13)7-24-21(19,20)25-8-12-23-6-14(27-12)29-16(18)10(3)4/h11-14H,1,3,5-8H2,2,4H3,(H,19,20). The van der Waals surface area contributed by atoms with Crippen molar-refractivity contribution in [1.82, 2.24) is 0 Å². The van der Waals surface area contributed by atoms with Crippen LogP contribution in [0.2, 0.25) is 0 Å². The van der Waals surface area contributed by atoms with E-state index in [4.69, 9.17) is 0 Å². The maximum atomic E-state index is 12.5. The van der Waals surface area contributed by atoms with Gasteiger partial charge in [0.2, 0.25) is 10.2 Å². The first-order valence-corrected chi connectivity index (χ1v) is 19.0. The molecule has 29 heavy (non-hydrogen) atoms. The Labute approximate surface area is 206 Å². The largest absolute Gasteiger partial charge is 0.329 e. The molecule has 4 nitrogen and oxygen atoms in total. The minimum atomic E-state index is -3.32. The first-order valence-electron chi connectivity index (χ1n) is 8.44. The Kier molecular flexibility index (Phi) is 12.0.